The third-order valence-corrected chi connectivity index (χ3v) is 4.88. The zero-order chi connectivity index (χ0) is 17.2. The Labute approximate surface area is 147 Å². The van der Waals surface area contributed by atoms with Gasteiger partial charge in [-0.2, -0.15) is 4.98 Å². The Kier molecular flexibility index (Phi) is 4.40. The van der Waals surface area contributed by atoms with Crippen LogP contribution in [-0.4, -0.2) is 59.2 Å². The van der Waals surface area contributed by atoms with Crippen molar-refractivity contribution in [3.05, 3.63) is 30.3 Å². The summed E-state index contributed by atoms with van der Waals surface area (Å²) in [5, 5.41) is 7.19. The van der Waals surface area contributed by atoms with Crippen molar-refractivity contribution in [2.75, 3.05) is 31.1 Å². The number of piperazine rings is 1. The van der Waals surface area contributed by atoms with E-state index < -0.39 is 0 Å². The highest BCUT2D eigenvalue weighted by Crippen LogP contribution is 2.22. The first kappa shape index (κ1) is 16.1. The number of carbonyl (C=O) groups is 1. The summed E-state index contributed by atoms with van der Waals surface area (Å²) in [5.74, 6) is 1.30. The third-order valence-electron chi connectivity index (χ3n) is 4.88. The van der Waals surface area contributed by atoms with E-state index in [2.05, 4.69) is 25.3 Å². The van der Waals surface area contributed by atoms with Crippen LogP contribution >= 0.6 is 0 Å². The molecule has 25 heavy (non-hydrogen) atoms. The lowest BCUT2D eigenvalue weighted by molar-refractivity contribution is -0.126. The molecule has 1 amide bonds. The maximum atomic E-state index is 12.2. The maximum absolute atomic E-state index is 12.2. The van der Waals surface area contributed by atoms with Crippen molar-refractivity contribution in [2.24, 2.45) is 0 Å². The van der Waals surface area contributed by atoms with Crippen LogP contribution in [0.3, 0.4) is 0 Å². The average Bonchev–Trinajstić information content (AvgIpc) is 3.34. The van der Waals surface area contributed by atoms with Crippen LogP contribution < -0.4 is 10.2 Å². The summed E-state index contributed by atoms with van der Waals surface area (Å²) >= 11 is 0. The first-order chi connectivity index (χ1) is 12.2. The van der Waals surface area contributed by atoms with Crippen molar-refractivity contribution in [3.8, 4) is 11.5 Å². The largest absolute Gasteiger partial charge is 0.352 e. The number of hydrogen-bond acceptors (Lipinski definition) is 6. The number of nitrogens with one attached hydrogen (secondary N) is 1. The fourth-order valence-corrected chi connectivity index (χ4v) is 3.07. The average molecular weight is 341 g/mol. The minimum atomic E-state index is -0.0899. The standard InChI is InChI=1S/C18H23N5O2/c1-13(16(24)19-15-7-8-15)22-9-11-23(12-10-22)18-20-17(25-21-18)14-5-3-2-4-6-14/h2-6,13,15H,7-12H2,1H3,(H,19,24)/t13-/m0/s1. The maximum Gasteiger partial charge on any atom is 0.266 e. The highest BCUT2D eigenvalue weighted by molar-refractivity contribution is 5.81. The molecule has 1 aliphatic heterocycles. The van der Waals surface area contributed by atoms with Gasteiger partial charge in [0.1, 0.15) is 0 Å². The molecule has 2 aromatic rings. The molecule has 2 aliphatic rings. The molecular formula is C18H23N5O2. The Bertz CT molecular complexity index is 720. The predicted octanol–water partition coefficient (Wildman–Crippen LogP) is 1.53. The van der Waals surface area contributed by atoms with E-state index in [0.717, 1.165) is 44.6 Å². The van der Waals surface area contributed by atoms with Gasteiger partial charge in [0, 0.05) is 37.8 Å². The highest BCUT2D eigenvalue weighted by Gasteiger charge is 2.30. The zero-order valence-corrected chi connectivity index (χ0v) is 14.4. The molecule has 1 aliphatic carbocycles. The lowest BCUT2D eigenvalue weighted by Crippen LogP contribution is -2.54. The van der Waals surface area contributed by atoms with Crippen LogP contribution in [0.15, 0.2) is 34.9 Å². The first-order valence-corrected chi connectivity index (χ1v) is 8.89. The molecule has 1 saturated carbocycles. The van der Waals surface area contributed by atoms with Crippen LogP contribution in [-0.2, 0) is 4.79 Å². The van der Waals surface area contributed by atoms with Crippen LogP contribution in [0, 0.1) is 0 Å². The molecule has 2 fully saturated rings. The molecule has 1 N–H and O–H groups in total. The van der Waals surface area contributed by atoms with Gasteiger partial charge in [0.15, 0.2) is 0 Å². The Morgan fingerprint density at radius 3 is 2.60 bits per heavy atom. The molecule has 1 aromatic carbocycles. The van der Waals surface area contributed by atoms with Crippen molar-refractivity contribution < 1.29 is 9.32 Å². The van der Waals surface area contributed by atoms with E-state index in [1.807, 2.05) is 37.3 Å². The molecule has 7 heteroatoms. The van der Waals surface area contributed by atoms with Crippen LogP contribution in [0.2, 0.25) is 0 Å². The van der Waals surface area contributed by atoms with E-state index in [1.54, 1.807) is 0 Å². The van der Waals surface area contributed by atoms with Crippen molar-refractivity contribution >= 4 is 11.9 Å². The molecule has 0 bridgehead atoms. The van der Waals surface area contributed by atoms with Crippen LogP contribution in [0.5, 0.6) is 0 Å². The molecule has 1 atom stereocenters. The Morgan fingerprint density at radius 1 is 1.20 bits per heavy atom. The van der Waals surface area contributed by atoms with E-state index in [9.17, 15) is 4.79 Å². The highest BCUT2D eigenvalue weighted by atomic mass is 16.5. The summed E-state index contributed by atoms with van der Waals surface area (Å²) in [6.07, 6.45) is 2.24. The summed E-state index contributed by atoms with van der Waals surface area (Å²) in [5.41, 5.74) is 0.922. The number of nitrogens with zero attached hydrogens (tertiary/aromatic N) is 4. The first-order valence-electron chi connectivity index (χ1n) is 8.89. The molecule has 0 spiro atoms. The second-order valence-corrected chi connectivity index (χ2v) is 6.75. The van der Waals surface area contributed by atoms with Crippen LogP contribution in [0.1, 0.15) is 19.8 Å². The number of carbonyl (C=O) groups excluding carboxylic acids is 1. The fraction of sp³-hybridized carbons (Fsp3) is 0.500. The quantitative estimate of drug-likeness (QED) is 0.889. The number of anilines is 1. The molecule has 4 rings (SSSR count). The summed E-state index contributed by atoms with van der Waals surface area (Å²) in [6, 6.07) is 10.1. The minimum absolute atomic E-state index is 0.0899. The second kappa shape index (κ2) is 6.84. The smallest absolute Gasteiger partial charge is 0.266 e. The Balaban J connectivity index is 1.34. The summed E-state index contributed by atoms with van der Waals surface area (Å²) in [4.78, 5) is 21.0. The third kappa shape index (κ3) is 3.66. The van der Waals surface area contributed by atoms with E-state index in [-0.39, 0.29) is 11.9 Å². The van der Waals surface area contributed by atoms with Gasteiger partial charge in [-0.05, 0) is 37.1 Å². The number of aromatic nitrogens is 2. The molecule has 1 aromatic heterocycles. The SMILES string of the molecule is C[C@@H](C(=O)NC1CC1)N1CCN(c2noc(-c3ccccc3)n2)CC1. The number of hydrogen-bond donors (Lipinski definition) is 1. The van der Waals surface area contributed by atoms with E-state index in [4.69, 9.17) is 4.52 Å². The van der Waals surface area contributed by atoms with Gasteiger partial charge in [-0.25, -0.2) is 0 Å². The lowest BCUT2D eigenvalue weighted by Gasteiger charge is -2.36. The van der Waals surface area contributed by atoms with E-state index >= 15 is 0 Å². The zero-order valence-electron chi connectivity index (χ0n) is 14.4. The summed E-state index contributed by atoms with van der Waals surface area (Å²) < 4.78 is 5.39. The van der Waals surface area contributed by atoms with E-state index in [1.165, 1.54) is 0 Å². The molecule has 1 saturated heterocycles. The number of benzene rings is 1. The molecule has 0 radical (unpaired) electrons. The molecule has 0 unspecified atom stereocenters. The Hall–Kier alpha value is -2.41. The summed E-state index contributed by atoms with van der Waals surface area (Å²) in [7, 11) is 0. The van der Waals surface area contributed by atoms with Gasteiger partial charge in [-0.3, -0.25) is 9.69 Å². The van der Waals surface area contributed by atoms with Crippen molar-refractivity contribution in [3.63, 3.8) is 0 Å². The van der Waals surface area contributed by atoms with Gasteiger partial charge in [-0.1, -0.05) is 18.2 Å². The van der Waals surface area contributed by atoms with Crippen molar-refractivity contribution in [2.45, 2.75) is 31.8 Å². The fourth-order valence-electron chi connectivity index (χ4n) is 3.07. The predicted molar refractivity (Wildman–Crippen MR) is 94.1 cm³/mol. The minimum Gasteiger partial charge on any atom is -0.352 e. The van der Waals surface area contributed by atoms with E-state index in [0.29, 0.717) is 17.9 Å². The van der Waals surface area contributed by atoms with Gasteiger partial charge < -0.3 is 14.7 Å². The molecule has 7 nitrogen and oxygen atoms in total. The van der Waals surface area contributed by atoms with Gasteiger partial charge in [-0.15, -0.1) is 0 Å². The summed E-state index contributed by atoms with van der Waals surface area (Å²) in [6.45, 7) is 5.18. The number of rotatable bonds is 5. The van der Waals surface area contributed by atoms with Crippen molar-refractivity contribution in [1.29, 1.82) is 0 Å². The van der Waals surface area contributed by atoms with Gasteiger partial charge in [0.25, 0.3) is 11.8 Å². The normalized spacial score (nSPS) is 19.6. The lowest BCUT2D eigenvalue weighted by atomic mass is 10.2. The second-order valence-electron chi connectivity index (χ2n) is 6.75. The monoisotopic (exact) mass is 341 g/mol. The van der Waals surface area contributed by atoms with Gasteiger partial charge in [0.05, 0.1) is 6.04 Å². The molecule has 132 valence electrons. The van der Waals surface area contributed by atoms with Crippen LogP contribution in [0.4, 0.5) is 5.95 Å². The van der Waals surface area contributed by atoms with Gasteiger partial charge in [0.2, 0.25) is 5.91 Å². The Morgan fingerprint density at radius 2 is 1.92 bits per heavy atom. The number of amides is 1. The van der Waals surface area contributed by atoms with Crippen LogP contribution in [0.25, 0.3) is 11.5 Å². The van der Waals surface area contributed by atoms with Gasteiger partial charge >= 0.3 is 0 Å². The topological polar surface area (TPSA) is 74.5 Å². The molecular weight excluding hydrogens is 318 g/mol. The van der Waals surface area contributed by atoms with Crippen molar-refractivity contribution in [1.82, 2.24) is 20.4 Å². The molecule has 2 heterocycles.